The smallest absolute Gasteiger partial charge is 0.123 e. The zero-order valence-corrected chi connectivity index (χ0v) is 14.9. The van der Waals surface area contributed by atoms with Gasteiger partial charge in [-0.05, 0) is 74.9 Å². The molecule has 0 aliphatic carbocycles. The van der Waals surface area contributed by atoms with E-state index in [1.165, 1.54) is 28.3 Å². The fourth-order valence-electron chi connectivity index (χ4n) is 3.63. The molecule has 2 aliphatic rings. The Morgan fingerprint density at radius 3 is 2.72 bits per heavy atom. The standard InChI is InChI=1S/C22H23FN2/c1-14-4-6-22-20(10-14)19(16-8-9-25(3)15(2)11-16)13-17-12-18(23)5-7-21(17)24-22/h4-7,10-13,15,24H,8-9H2,1-3H3/t15-/m0/s1. The molecular weight excluding hydrogens is 311 g/mol. The molecule has 2 heterocycles. The van der Waals surface area contributed by atoms with Crippen molar-refractivity contribution < 1.29 is 4.39 Å². The summed E-state index contributed by atoms with van der Waals surface area (Å²) in [6.45, 7) is 5.37. The Balaban J connectivity index is 1.93. The number of nitrogens with one attached hydrogen (secondary N) is 1. The summed E-state index contributed by atoms with van der Waals surface area (Å²) < 4.78 is 13.8. The van der Waals surface area contributed by atoms with Crippen molar-refractivity contribution in [1.82, 2.24) is 4.90 Å². The third kappa shape index (κ3) is 3.00. The SMILES string of the molecule is Cc1ccc2c(c1)C(C1=C[C@H](C)N(C)CC1)=Cc1cc(F)ccc1N2. The summed E-state index contributed by atoms with van der Waals surface area (Å²) in [5.41, 5.74) is 7.89. The Hall–Kier alpha value is -2.39. The van der Waals surface area contributed by atoms with Crippen molar-refractivity contribution in [3.05, 3.63) is 70.6 Å². The molecule has 128 valence electrons. The first-order valence-electron chi connectivity index (χ1n) is 8.82. The number of nitrogens with zero attached hydrogens (tertiary/aromatic N) is 1. The number of rotatable bonds is 1. The molecule has 0 saturated carbocycles. The highest BCUT2D eigenvalue weighted by Crippen LogP contribution is 2.40. The lowest BCUT2D eigenvalue weighted by Gasteiger charge is -2.29. The molecule has 2 nitrogen and oxygen atoms in total. The van der Waals surface area contributed by atoms with Gasteiger partial charge in [0.15, 0.2) is 0 Å². The third-order valence-corrected chi connectivity index (χ3v) is 5.27. The molecule has 4 rings (SSSR count). The van der Waals surface area contributed by atoms with Crippen LogP contribution in [0.3, 0.4) is 0 Å². The highest BCUT2D eigenvalue weighted by atomic mass is 19.1. The highest BCUT2D eigenvalue weighted by molar-refractivity contribution is 6.00. The Kier molecular flexibility index (Phi) is 3.97. The van der Waals surface area contributed by atoms with Gasteiger partial charge in [0, 0.05) is 35.1 Å². The molecule has 0 aromatic heterocycles. The van der Waals surface area contributed by atoms with Gasteiger partial charge in [0.2, 0.25) is 0 Å². The van der Waals surface area contributed by atoms with E-state index in [4.69, 9.17) is 0 Å². The van der Waals surface area contributed by atoms with Gasteiger partial charge in [0.25, 0.3) is 0 Å². The van der Waals surface area contributed by atoms with Crippen molar-refractivity contribution in [2.75, 3.05) is 18.9 Å². The van der Waals surface area contributed by atoms with Gasteiger partial charge in [-0.3, -0.25) is 4.90 Å². The number of anilines is 2. The lowest BCUT2D eigenvalue weighted by molar-refractivity contribution is 0.288. The maximum Gasteiger partial charge on any atom is 0.123 e. The van der Waals surface area contributed by atoms with Gasteiger partial charge in [0.1, 0.15) is 5.82 Å². The Labute approximate surface area is 148 Å². The first-order chi connectivity index (χ1) is 12.0. The Morgan fingerprint density at radius 1 is 1.12 bits per heavy atom. The van der Waals surface area contributed by atoms with Gasteiger partial charge in [-0.25, -0.2) is 4.39 Å². The van der Waals surface area contributed by atoms with Crippen LogP contribution in [-0.4, -0.2) is 24.5 Å². The normalized spacial score (nSPS) is 19.9. The number of aryl methyl sites for hydroxylation is 1. The van der Waals surface area contributed by atoms with Crippen molar-refractivity contribution in [2.24, 2.45) is 0 Å². The second-order valence-electron chi connectivity index (χ2n) is 7.13. The fourth-order valence-corrected chi connectivity index (χ4v) is 3.63. The second-order valence-corrected chi connectivity index (χ2v) is 7.13. The average molecular weight is 334 g/mol. The maximum atomic E-state index is 13.8. The lowest BCUT2D eigenvalue weighted by Crippen LogP contribution is -2.32. The van der Waals surface area contributed by atoms with Crippen molar-refractivity contribution in [2.45, 2.75) is 26.3 Å². The summed E-state index contributed by atoms with van der Waals surface area (Å²) in [5, 5.41) is 3.49. The van der Waals surface area contributed by atoms with Crippen LogP contribution in [0.15, 0.2) is 48.0 Å². The topological polar surface area (TPSA) is 15.3 Å². The Bertz CT molecular complexity index is 895. The third-order valence-electron chi connectivity index (χ3n) is 5.27. The zero-order chi connectivity index (χ0) is 17.6. The van der Waals surface area contributed by atoms with E-state index in [0.29, 0.717) is 6.04 Å². The largest absolute Gasteiger partial charge is 0.355 e. The molecule has 2 aromatic rings. The van der Waals surface area contributed by atoms with Crippen LogP contribution in [0.4, 0.5) is 15.8 Å². The van der Waals surface area contributed by atoms with E-state index in [0.717, 1.165) is 29.9 Å². The zero-order valence-electron chi connectivity index (χ0n) is 14.9. The molecule has 25 heavy (non-hydrogen) atoms. The molecule has 0 radical (unpaired) electrons. The summed E-state index contributed by atoms with van der Waals surface area (Å²) in [7, 11) is 2.16. The van der Waals surface area contributed by atoms with Crippen molar-refractivity contribution in [1.29, 1.82) is 0 Å². The molecule has 1 atom stereocenters. The molecule has 0 saturated heterocycles. The summed E-state index contributed by atoms with van der Waals surface area (Å²) in [6, 6.07) is 11.8. The van der Waals surface area contributed by atoms with Gasteiger partial charge in [0.05, 0.1) is 0 Å². The minimum Gasteiger partial charge on any atom is -0.355 e. The van der Waals surface area contributed by atoms with Gasteiger partial charge in [-0.15, -0.1) is 0 Å². The number of hydrogen-bond donors (Lipinski definition) is 1. The van der Waals surface area contributed by atoms with Gasteiger partial charge in [-0.2, -0.15) is 0 Å². The number of allylic oxidation sites excluding steroid dienone is 1. The van der Waals surface area contributed by atoms with Crippen LogP contribution in [0.2, 0.25) is 0 Å². The van der Waals surface area contributed by atoms with Crippen molar-refractivity contribution >= 4 is 23.0 Å². The van der Waals surface area contributed by atoms with E-state index in [1.807, 2.05) is 6.07 Å². The van der Waals surface area contributed by atoms with E-state index in [1.54, 1.807) is 6.07 Å². The van der Waals surface area contributed by atoms with Crippen molar-refractivity contribution in [3.8, 4) is 0 Å². The van der Waals surface area contributed by atoms with E-state index < -0.39 is 0 Å². The molecule has 0 unspecified atom stereocenters. The minimum atomic E-state index is -0.205. The number of benzene rings is 2. The molecule has 0 spiro atoms. The first-order valence-corrected chi connectivity index (χ1v) is 8.82. The fraction of sp³-hybridized carbons (Fsp3) is 0.273. The molecule has 1 N–H and O–H groups in total. The number of fused-ring (bicyclic) bond motifs is 2. The van der Waals surface area contributed by atoms with Crippen LogP contribution < -0.4 is 5.32 Å². The highest BCUT2D eigenvalue weighted by Gasteiger charge is 2.22. The molecule has 0 bridgehead atoms. The van der Waals surface area contributed by atoms with Gasteiger partial charge in [-0.1, -0.05) is 17.7 Å². The number of halogens is 1. The van der Waals surface area contributed by atoms with E-state index in [-0.39, 0.29) is 5.82 Å². The van der Waals surface area contributed by atoms with E-state index in [9.17, 15) is 4.39 Å². The summed E-state index contributed by atoms with van der Waals surface area (Å²) in [4.78, 5) is 2.35. The quantitative estimate of drug-likeness (QED) is 0.753. The Morgan fingerprint density at radius 2 is 1.92 bits per heavy atom. The van der Waals surface area contributed by atoms with Crippen LogP contribution in [0.1, 0.15) is 30.0 Å². The average Bonchev–Trinajstić information content (AvgIpc) is 2.74. The van der Waals surface area contributed by atoms with E-state index >= 15 is 0 Å². The molecule has 2 aromatic carbocycles. The first kappa shape index (κ1) is 16.1. The van der Waals surface area contributed by atoms with Crippen LogP contribution in [0, 0.1) is 12.7 Å². The van der Waals surface area contributed by atoms with Crippen LogP contribution in [0.5, 0.6) is 0 Å². The molecule has 0 fully saturated rings. The van der Waals surface area contributed by atoms with E-state index in [2.05, 4.69) is 61.5 Å². The van der Waals surface area contributed by atoms with Crippen LogP contribution in [0.25, 0.3) is 11.6 Å². The second kappa shape index (κ2) is 6.16. The summed E-state index contributed by atoms with van der Waals surface area (Å²) >= 11 is 0. The minimum absolute atomic E-state index is 0.205. The predicted molar refractivity (Wildman–Crippen MR) is 104 cm³/mol. The number of hydrogen-bond acceptors (Lipinski definition) is 2. The molecule has 0 amide bonds. The lowest BCUT2D eigenvalue weighted by atomic mass is 9.89. The molecule has 2 aliphatic heterocycles. The monoisotopic (exact) mass is 334 g/mol. The summed E-state index contributed by atoms with van der Waals surface area (Å²) in [6.07, 6.45) is 5.48. The van der Waals surface area contributed by atoms with Gasteiger partial charge < -0.3 is 5.32 Å². The van der Waals surface area contributed by atoms with Gasteiger partial charge >= 0.3 is 0 Å². The molecular formula is C22H23FN2. The predicted octanol–water partition coefficient (Wildman–Crippen LogP) is 5.38. The maximum absolute atomic E-state index is 13.8. The number of likely N-dealkylation sites (N-methyl/N-ethyl adjacent to an activating group) is 1. The van der Waals surface area contributed by atoms with Crippen molar-refractivity contribution in [3.63, 3.8) is 0 Å². The van der Waals surface area contributed by atoms with Crippen LogP contribution >= 0.6 is 0 Å². The summed E-state index contributed by atoms with van der Waals surface area (Å²) in [5.74, 6) is -0.205. The van der Waals surface area contributed by atoms with Crippen LogP contribution in [-0.2, 0) is 0 Å². The molecule has 3 heteroatoms.